The second-order valence-electron chi connectivity index (χ2n) is 6.47. The summed E-state index contributed by atoms with van der Waals surface area (Å²) in [6.45, 7) is 4.63. The molecule has 2 heterocycles. The number of hydrogen-bond acceptors (Lipinski definition) is 6. The van der Waals surface area contributed by atoms with Gasteiger partial charge in [0.1, 0.15) is 0 Å². The van der Waals surface area contributed by atoms with E-state index >= 15 is 0 Å². The van der Waals surface area contributed by atoms with Gasteiger partial charge in [-0.3, -0.25) is 4.90 Å². The van der Waals surface area contributed by atoms with E-state index in [1.807, 2.05) is 19.1 Å². The maximum atomic E-state index is 11.6. The molecule has 1 saturated heterocycles. The molecule has 1 aliphatic rings. The molecular weight excluding hydrogens is 390 g/mol. The van der Waals surface area contributed by atoms with Crippen LogP contribution in [-0.4, -0.2) is 60.0 Å². The molecule has 0 spiro atoms. The standard InChI is InChI=1S/C17H20ClN5O3S/c1-13-7-16(12-21-3-5-22(6-4-21)27(2,24)25)23(20-13)26-17-9-14(11-19)8-15(18)10-17/h7-10H,3-6,12H2,1-2H3. The molecule has 1 aliphatic heterocycles. The summed E-state index contributed by atoms with van der Waals surface area (Å²) in [5.74, 6) is 0.422. The smallest absolute Gasteiger partial charge is 0.211 e. The second-order valence-corrected chi connectivity index (χ2v) is 8.89. The summed E-state index contributed by atoms with van der Waals surface area (Å²) in [7, 11) is -3.15. The molecule has 144 valence electrons. The monoisotopic (exact) mass is 409 g/mol. The van der Waals surface area contributed by atoms with Gasteiger partial charge >= 0.3 is 0 Å². The normalized spacial score (nSPS) is 16.2. The fraction of sp³-hybridized carbons (Fsp3) is 0.412. The summed E-state index contributed by atoms with van der Waals surface area (Å²) >= 11 is 6.02. The zero-order valence-electron chi connectivity index (χ0n) is 15.1. The minimum atomic E-state index is -3.15. The first-order chi connectivity index (χ1) is 12.7. The van der Waals surface area contributed by atoms with Crippen molar-refractivity contribution in [2.45, 2.75) is 13.5 Å². The van der Waals surface area contributed by atoms with Crippen molar-refractivity contribution >= 4 is 21.6 Å². The van der Waals surface area contributed by atoms with E-state index in [0.717, 1.165) is 11.4 Å². The lowest BCUT2D eigenvalue weighted by atomic mass is 10.2. The molecule has 1 aromatic heterocycles. The second kappa shape index (κ2) is 7.86. The fourth-order valence-electron chi connectivity index (χ4n) is 2.95. The number of aryl methyl sites for hydroxylation is 1. The molecule has 0 unspecified atom stereocenters. The minimum absolute atomic E-state index is 0.403. The molecule has 27 heavy (non-hydrogen) atoms. The van der Waals surface area contributed by atoms with Crippen LogP contribution in [0.5, 0.6) is 5.75 Å². The number of rotatable bonds is 5. The highest BCUT2D eigenvalue weighted by molar-refractivity contribution is 7.88. The molecule has 0 atom stereocenters. The zero-order chi connectivity index (χ0) is 19.6. The van der Waals surface area contributed by atoms with Gasteiger partial charge < -0.3 is 4.84 Å². The highest BCUT2D eigenvalue weighted by Crippen LogP contribution is 2.22. The number of nitrogens with zero attached hydrogens (tertiary/aromatic N) is 5. The Morgan fingerprint density at radius 1 is 1.22 bits per heavy atom. The molecular formula is C17H20ClN5O3S. The first-order valence-electron chi connectivity index (χ1n) is 8.36. The lowest BCUT2D eigenvalue weighted by Crippen LogP contribution is -2.48. The van der Waals surface area contributed by atoms with Crippen molar-refractivity contribution in [3.8, 4) is 11.8 Å². The van der Waals surface area contributed by atoms with Crippen molar-refractivity contribution in [2.24, 2.45) is 0 Å². The molecule has 10 heteroatoms. The van der Waals surface area contributed by atoms with E-state index in [-0.39, 0.29) is 0 Å². The summed E-state index contributed by atoms with van der Waals surface area (Å²) in [4.78, 5) is 9.38. The molecule has 8 nitrogen and oxygen atoms in total. The molecule has 0 saturated carbocycles. The van der Waals surface area contributed by atoms with Crippen molar-refractivity contribution in [2.75, 3.05) is 32.4 Å². The van der Waals surface area contributed by atoms with Gasteiger partial charge in [-0.1, -0.05) is 16.4 Å². The van der Waals surface area contributed by atoms with Gasteiger partial charge in [-0.2, -0.15) is 9.57 Å². The quantitative estimate of drug-likeness (QED) is 0.745. The van der Waals surface area contributed by atoms with Crippen LogP contribution >= 0.6 is 11.6 Å². The lowest BCUT2D eigenvalue weighted by molar-refractivity contribution is 0.137. The van der Waals surface area contributed by atoms with Crippen LogP contribution in [0.4, 0.5) is 0 Å². The van der Waals surface area contributed by atoms with Crippen molar-refractivity contribution in [1.29, 1.82) is 5.26 Å². The summed E-state index contributed by atoms with van der Waals surface area (Å²) in [5, 5.41) is 13.8. The minimum Gasteiger partial charge on any atom is -0.358 e. The molecule has 0 aliphatic carbocycles. The van der Waals surface area contributed by atoms with Gasteiger partial charge in [0.25, 0.3) is 0 Å². The van der Waals surface area contributed by atoms with E-state index in [1.54, 1.807) is 18.2 Å². The predicted octanol–water partition coefficient (Wildman–Crippen LogP) is 1.64. The maximum Gasteiger partial charge on any atom is 0.211 e. The average molecular weight is 410 g/mol. The third kappa shape index (κ3) is 4.99. The van der Waals surface area contributed by atoms with Gasteiger partial charge in [0, 0.05) is 49.9 Å². The maximum absolute atomic E-state index is 11.6. The van der Waals surface area contributed by atoms with Gasteiger partial charge in [-0.15, -0.1) is 5.10 Å². The number of sulfonamides is 1. The van der Waals surface area contributed by atoms with Crippen LogP contribution in [-0.2, 0) is 16.6 Å². The Balaban J connectivity index is 1.72. The van der Waals surface area contributed by atoms with Crippen molar-refractivity contribution in [3.05, 3.63) is 46.2 Å². The Bertz CT molecular complexity index is 975. The highest BCUT2D eigenvalue weighted by atomic mass is 35.5. The van der Waals surface area contributed by atoms with Gasteiger partial charge in [-0.05, 0) is 19.1 Å². The van der Waals surface area contributed by atoms with Crippen LogP contribution in [0, 0.1) is 18.3 Å². The third-order valence-corrected chi connectivity index (χ3v) is 5.77. The largest absolute Gasteiger partial charge is 0.358 e. The summed E-state index contributed by atoms with van der Waals surface area (Å²) in [6, 6.07) is 8.73. The number of halogens is 1. The number of piperazine rings is 1. The number of benzene rings is 1. The van der Waals surface area contributed by atoms with Gasteiger partial charge in [-0.25, -0.2) is 8.42 Å². The van der Waals surface area contributed by atoms with E-state index in [4.69, 9.17) is 21.7 Å². The fourth-order valence-corrected chi connectivity index (χ4v) is 4.00. The molecule has 0 bridgehead atoms. The Morgan fingerprint density at radius 3 is 2.56 bits per heavy atom. The van der Waals surface area contributed by atoms with E-state index in [0.29, 0.717) is 49.1 Å². The lowest BCUT2D eigenvalue weighted by Gasteiger charge is -2.33. The topological polar surface area (TPSA) is 91.5 Å². The summed E-state index contributed by atoms with van der Waals surface area (Å²) in [6.07, 6.45) is 1.23. The molecule has 0 amide bonds. The molecule has 1 fully saturated rings. The van der Waals surface area contributed by atoms with Crippen LogP contribution in [0.1, 0.15) is 17.0 Å². The molecule has 1 aromatic carbocycles. The van der Waals surface area contributed by atoms with Crippen molar-refractivity contribution < 1.29 is 13.3 Å². The van der Waals surface area contributed by atoms with Gasteiger partial charge in [0.2, 0.25) is 10.0 Å². The highest BCUT2D eigenvalue weighted by Gasteiger charge is 2.24. The predicted molar refractivity (Wildman–Crippen MR) is 101 cm³/mol. The Labute approximate surface area is 163 Å². The van der Waals surface area contributed by atoms with Crippen LogP contribution in [0.15, 0.2) is 24.3 Å². The van der Waals surface area contributed by atoms with E-state index in [2.05, 4.69) is 10.00 Å². The Hall–Kier alpha value is -2.12. The van der Waals surface area contributed by atoms with E-state index < -0.39 is 10.0 Å². The molecule has 0 radical (unpaired) electrons. The SMILES string of the molecule is Cc1cc(CN2CCN(S(C)(=O)=O)CC2)n(Oc2cc(Cl)cc(C#N)c2)n1. The van der Waals surface area contributed by atoms with Crippen LogP contribution in [0.2, 0.25) is 5.02 Å². The molecule has 2 aromatic rings. The summed E-state index contributed by atoms with van der Waals surface area (Å²) < 4.78 is 24.7. The van der Waals surface area contributed by atoms with Gasteiger partial charge in [0.05, 0.1) is 29.3 Å². The molecule has 0 N–H and O–H groups in total. The van der Waals surface area contributed by atoms with E-state index in [9.17, 15) is 8.42 Å². The number of nitriles is 1. The first kappa shape index (κ1) is 19.6. The van der Waals surface area contributed by atoms with Crippen LogP contribution in [0.25, 0.3) is 0 Å². The zero-order valence-corrected chi connectivity index (χ0v) is 16.7. The average Bonchev–Trinajstić information content (AvgIpc) is 2.93. The van der Waals surface area contributed by atoms with Crippen molar-refractivity contribution in [1.82, 2.24) is 19.1 Å². The Kier molecular flexibility index (Phi) is 5.72. The van der Waals surface area contributed by atoms with Gasteiger partial charge in [0.15, 0.2) is 5.75 Å². The van der Waals surface area contributed by atoms with E-state index in [1.165, 1.54) is 15.4 Å². The molecule has 3 rings (SSSR count). The van der Waals surface area contributed by atoms with Crippen LogP contribution in [0.3, 0.4) is 0 Å². The first-order valence-corrected chi connectivity index (χ1v) is 10.6. The van der Waals surface area contributed by atoms with Crippen LogP contribution < -0.4 is 4.84 Å². The summed E-state index contributed by atoms with van der Waals surface area (Å²) in [5.41, 5.74) is 2.03. The van der Waals surface area contributed by atoms with Crippen molar-refractivity contribution in [3.63, 3.8) is 0 Å². The number of aromatic nitrogens is 2. The third-order valence-electron chi connectivity index (χ3n) is 4.25. The number of hydrogen-bond donors (Lipinski definition) is 0. The Morgan fingerprint density at radius 2 is 1.93 bits per heavy atom.